The van der Waals surface area contributed by atoms with E-state index in [0.717, 1.165) is 25.2 Å². The lowest BCUT2D eigenvalue weighted by molar-refractivity contribution is 0.0315. The van der Waals surface area contributed by atoms with Gasteiger partial charge in [-0.2, -0.15) is 0 Å². The zero-order chi connectivity index (χ0) is 17.9. The van der Waals surface area contributed by atoms with E-state index < -0.39 is 0 Å². The van der Waals surface area contributed by atoms with Gasteiger partial charge in [0.05, 0.1) is 27.7 Å². The molecule has 1 aliphatic heterocycles. The van der Waals surface area contributed by atoms with Crippen LogP contribution in [0, 0.1) is 0 Å². The van der Waals surface area contributed by atoms with Crippen LogP contribution in [0.3, 0.4) is 0 Å². The highest BCUT2D eigenvalue weighted by Crippen LogP contribution is 2.27. The minimum absolute atomic E-state index is 0.101. The van der Waals surface area contributed by atoms with Gasteiger partial charge in [0, 0.05) is 12.4 Å². The van der Waals surface area contributed by atoms with E-state index in [9.17, 15) is 4.79 Å². The van der Waals surface area contributed by atoms with Crippen LogP contribution in [0.5, 0.6) is 0 Å². The monoisotopic (exact) mass is 386 g/mol. The summed E-state index contributed by atoms with van der Waals surface area (Å²) in [5.41, 5.74) is 1.26. The van der Waals surface area contributed by atoms with Gasteiger partial charge in [-0.1, -0.05) is 47.6 Å². The second kappa shape index (κ2) is 7.82. The van der Waals surface area contributed by atoms with Gasteiger partial charge in [-0.25, -0.2) is 4.98 Å². The van der Waals surface area contributed by atoms with Crippen molar-refractivity contribution in [2.24, 2.45) is 0 Å². The Morgan fingerprint density at radius 1 is 1.15 bits per heavy atom. The van der Waals surface area contributed by atoms with Crippen LogP contribution < -0.4 is 5.56 Å². The average molecular weight is 387 g/mol. The number of halogens is 1. The van der Waals surface area contributed by atoms with Gasteiger partial charge in [0.2, 0.25) is 0 Å². The third kappa shape index (κ3) is 3.52. The van der Waals surface area contributed by atoms with E-state index in [4.69, 9.17) is 21.3 Å². The Labute approximate surface area is 161 Å². The number of hydrogen-bond donors (Lipinski definition) is 0. The fourth-order valence-corrected chi connectivity index (χ4v) is 4.45. The Balaban J connectivity index is 1.80. The Hall–Kier alpha value is -1.82. The molecule has 2 aromatic carbocycles. The fraction of sp³-hybridized carbons (Fsp3) is 0.300. The molecule has 26 heavy (non-hydrogen) atoms. The molecular weight excluding hydrogens is 368 g/mol. The van der Waals surface area contributed by atoms with Crippen molar-refractivity contribution in [2.45, 2.75) is 30.5 Å². The number of para-hydroxylation sites is 2. The average Bonchev–Trinajstić information content (AvgIpc) is 2.68. The number of nitrogens with zero attached hydrogens (tertiary/aromatic N) is 2. The first-order valence-electron chi connectivity index (χ1n) is 8.75. The van der Waals surface area contributed by atoms with Crippen molar-refractivity contribution in [3.8, 4) is 5.69 Å². The highest BCUT2D eigenvalue weighted by Gasteiger charge is 2.19. The molecule has 4 nitrogen and oxygen atoms in total. The number of rotatable bonds is 4. The third-order valence-corrected chi connectivity index (χ3v) is 5.90. The van der Waals surface area contributed by atoms with Gasteiger partial charge < -0.3 is 4.74 Å². The molecule has 1 aliphatic rings. The van der Waals surface area contributed by atoms with E-state index in [1.54, 1.807) is 28.5 Å². The van der Waals surface area contributed by atoms with Gasteiger partial charge in [-0.15, -0.1) is 0 Å². The summed E-state index contributed by atoms with van der Waals surface area (Å²) in [6.07, 6.45) is 3.57. The summed E-state index contributed by atoms with van der Waals surface area (Å²) in [7, 11) is 0. The molecule has 0 spiro atoms. The SMILES string of the molecule is O=c1c2ccccc2nc(SCC2CCCCO2)n1-c1ccccc1Cl. The summed E-state index contributed by atoms with van der Waals surface area (Å²) in [6, 6.07) is 14.8. The second-order valence-corrected chi connectivity index (χ2v) is 7.70. The summed E-state index contributed by atoms with van der Waals surface area (Å²) in [5.74, 6) is 0.773. The molecule has 134 valence electrons. The zero-order valence-electron chi connectivity index (χ0n) is 14.2. The standard InChI is InChI=1S/C20H19ClN2O2S/c21-16-9-2-4-11-18(16)23-19(24)15-8-1-3-10-17(15)22-20(23)26-13-14-7-5-6-12-25-14/h1-4,8-11,14H,5-7,12-13H2. The lowest BCUT2D eigenvalue weighted by Crippen LogP contribution is -2.24. The van der Waals surface area contributed by atoms with Crippen LogP contribution in [0.15, 0.2) is 58.5 Å². The van der Waals surface area contributed by atoms with Crippen LogP contribution in [0.2, 0.25) is 5.02 Å². The van der Waals surface area contributed by atoms with Crippen molar-refractivity contribution in [1.82, 2.24) is 9.55 Å². The molecular formula is C20H19ClN2O2S. The predicted octanol–water partition coefficient (Wildman–Crippen LogP) is 4.70. The van der Waals surface area contributed by atoms with E-state index in [-0.39, 0.29) is 11.7 Å². The van der Waals surface area contributed by atoms with Crippen molar-refractivity contribution >= 4 is 34.3 Å². The maximum absolute atomic E-state index is 13.2. The highest BCUT2D eigenvalue weighted by atomic mass is 35.5. The van der Waals surface area contributed by atoms with Crippen molar-refractivity contribution in [2.75, 3.05) is 12.4 Å². The molecule has 1 aromatic heterocycles. The summed E-state index contributed by atoms with van der Waals surface area (Å²) in [5, 5.41) is 1.77. The zero-order valence-corrected chi connectivity index (χ0v) is 15.8. The molecule has 0 aliphatic carbocycles. The van der Waals surface area contributed by atoms with Gasteiger partial charge in [0.25, 0.3) is 5.56 Å². The molecule has 2 heterocycles. The van der Waals surface area contributed by atoms with Crippen LogP contribution >= 0.6 is 23.4 Å². The molecule has 0 bridgehead atoms. The number of hydrogen-bond acceptors (Lipinski definition) is 4. The van der Waals surface area contributed by atoms with E-state index in [0.29, 0.717) is 26.8 Å². The Morgan fingerprint density at radius 3 is 2.77 bits per heavy atom. The smallest absolute Gasteiger partial charge is 0.266 e. The fourth-order valence-electron chi connectivity index (χ4n) is 3.16. The molecule has 1 unspecified atom stereocenters. The van der Waals surface area contributed by atoms with Gasteiger partial charge in [0.15, 0.2) is 5.16 Å². The van der Waals surface area contributed by atoms with Gasteiger partial charge in [0.1, 0.15) is 0 Å². The van der Waals surface area contributed by atoms with Crippen LogP contribution in [0.25, 0.3) is 16.6 Å². The number of aromatic nitrogens is 2. The van der Waals surface area contributed by atoms with E-state index in [1.807, 2.05) is 36.4 Å². The molecule has 0 amide bonds. The number of thioether (sulfide) groups is 1. The van der Waals surface area contributed by atoms with Gasteiger partial charge in [-0.05, 0) is 43.5 Å². The molecule has 1 saturated heterocycles. The number of fused-ring (bicyclic) bond motifs is 1. The number of benzene rings is 2. The Morgan fingerprint density at radius 2 is 1.96 bits per heavy atom. The summed E-state index contributed by atoms with van der Waals surface area (Å²) >= 11 is 7.94. The summed E-state index contributed by atoms with van der Waals surface area (Å²) in [6.45, 7) is 0.813. The molecule has 3 aromatic rings. The van der Waals surface area contributed by atoms with Crippen LogP contribution in [0.1, 0.15) is 19.3 Å². The lowest BCUT2D eigenvalue weighted by Gasteiger charge is -2.22. The second-order valence-electron chi connectivity index (χ2n) is 6.30. The molecule has 1 atom stereocenters. The molecule has 4 rings (SSSR count). The largest absolute Gasteiger partial charge is 0.377 e. The first kappa shape index (κ1) is 17.6. The van der Waals surface area contributed by atoms with Crippen LogP contribution in [-0.4, -0.2) is 28.0 Å². The van der Waals surface area contributed by atoms with Crippen molar-refractivity contribution in [3.05, 3.63) is 63.9 Å². The van der Waals surface area contributed by atoms with Gasteiger partial charge in [-0.3, -0.25) is 9.36 Å². The van der Waals surface area contributed by atoms with E-state index in [1.165, 1.54) is 6.42 Å². The lowest BCUT2D eigenvalue weighted by atomic mass is 10.1. The minimum atomic E-state index is -0.101. The van der Waals surface area contributed by atoms with E-state index in [2.05, 4.69) is 0 Å². The predicted molar refractivity (Wildman–Crippen MR) is 107 cm³/mol. The minimum Gasteiger partial charge on any atom is -0.377 e. The maximum atomic E-state index is 13.2. The van der Waals surface area contributed by atoms with Crippen molar-refractivity contribution in [1.29, 1.82) is 0 Å². The quantitative estimate of drug-likeness (QED) is 0.481. The summed E-state index contributed by atoms with van der Waals surface area (Å²) < 4.78 is 7.45. The molecule has 6 heteroatoms. The third-order valence-electron chi connectivity index (χ3n) is 4.51. The van der Waals surface area contributed by atoms with Crippen molar-refractivity contribution < 1.29 is 4.74 Å². The number of ether oxygens (including phenoxy) is 1. The molecule has 0 N–H and O–H groups in total. The molecule has 0 saturated carbocycles. The Kier molecular flexibility index (Phi) is 5.29. The maximum Gasteiger partial charge on any atom is 0.266 e. The highest BCUT2D eigenvalue weighted by molar-refractivity contribution is 7.99. The topological polar surface area (TPSA) is 44.1 Å². The van der Waals surface area contributed by atoms with Crippen LogP contribution in [-0.2, 0) is 4.74 Å². The summed E-state index contributed by atoms with van der Waals surface area (Å²) in [4.78, 5) is 17.9. The van der Waals surface area contributed by atoms with E-state index >= 15 is 0 Å². The van der Waals surface area contributed by atoms with Gasteiger partial charge >= 0.3 is 0 Å². The van der Waals surface area contributed by atoms with Crippen molar-refractivity contribution in [3.63, 3.8) is 0 Å². The molecule has 0 radical (unpaired) electrons. The van der Waals surface area contributed by atoms with Crippen LogP contribution in [0.4, 0.5) is 0 Å². The normalized spacial score (nSPS) is 17.5. The Bertz CT molecular complexity index is 983. The first-order valence-corrected chi connectivity index (χ1v) is 10.1. The first-order chi connectivity index (χ1) is 12.7. The molecule has 1 fully saturated rings.